The fraction of sp³-hybridized carbons (Fsp3) is 0.929. The van der Waals surface area contributed by atoms with Crippen molar-refractivity contribution in [3.8, 4) is 6.07 Å². The van der Waals surface area contributed by atoms with Crippen molar-refractivity contribution >= 4 is 0 Å². The summed E-state index contributed by atoms with van der Waals surface area (Å²) in [4.78, 5) is 4.96. The third-order valence-corrected chi connectivity index (χ3v) is 4.21. The summed E-state index contributed by atoms with van der Waals surface area (Å²) < 4.78 is 5.42. The van der Waals surface area contributed by atoms with E-state index in [-0.39, 0.29) is 6.04 Å². The molecule has 4 nitrogen and oxygen atoms in total. The van der Waals surface area contributed by atoms with Gasteiger partial charge in [0.2, 0.25) is 0 Å². The van der Waals surface area contributed by atoms with E-state index >= 15 is 0 Å². The van der Waals surface area contributed by atoms with Gasteiger partial charge in [-0.1, -0.05) is 13.3 Å². The zero-order valence-electron chi connectivity index (χ0n) is 11.5. The zero-order chi connectivity index (χ0) is 12.8. The quantitative estimate of drug-likeness (QED) is 0.758. The van der Waals surface area contributed by atoms with Gasteiger partial charge in [0.1, 0.15) is 0 Å². The minimum atomic E-state index is 0.131. The first-order valence-electron chi connectivity index (χ1n) is 7.30. The summed E-state index contributed by atoms with van der Waals surface area (Å²) in [5, 5.41) is 9.20. The monoisotopic (exact) mass is 251 g/mol. The number of hydrogen-bond acceptors (Lipinski definition) is 4. The third-order valence-electron chi connectivity index (χ3n) is 4.21. The molecule has 0 amide bonds. The van der Waals surface area contributed by atoms with Crippen LogP contribution in [0.1, 0.15) is 32.6 Å². The van der Waals surface area contributed by atoms with Crippen molar-refractivity contribution in [1.29, 1.82) is 5.26 Å². The molecule has 0 bridgehead atoms. The summed E-state index contributed by atoms with van der Waals surface area (Å²) in [6.45, 7) is 8.33. The molecule has 0 aromatic rings. The van der Waals surface area contributed by atoms with Crippen LogP contribution in [0.5, 0.6) is 0 Å². The minimum Gasteiger partial charge on any atom is -0.381 e. The molecule has 0 N–H and O–H groups in total. The number of ether oxygens (including phenoxy) is 1. The van der Waals surface area contributed by atoms with Crippen molar-refractivity contribution in [2.24, 2.45) is 0 Å². The first kappa shape index (κ1) is 13.8. The van der Waals surface area contributed by atoms with E-state index in [9.17, 15) is 5.26 Å². The van der Waals surface area contributed by atoms with Gasteiger partial charge < -0.3 is 4.74 Å². The van der Waals surface area contributed by atoms with E-state index < -0.39 is 0 Å². The van der Waals surface area contributed by atoms with Crippen LogP contribution in [0, 0.1) is 11.3 Å². The predicted molar refractivity (Wildman–Crippen MR) is 71.3 cm³/mol. The van der Waals surface area contributed by atoms with Gasteiger partial charge in [0, 0.05) is 45.4 Å². The summed E-state index contributed by atoms with van der Waals surface area (Å²) in [5.41, 5.74) is 0. The Hall–Kier alpha value is -0.630. The lowest BCUT2D eigenvalue weighted by Crippen LogP contribution is -2.53. The van der Waals surface area contributed by atoms with Crippen molar-refractivity contribution in [2.75, 3.05) is 39.4 Å². The Bertz CT molecular complexity index is 275. The molecule has 0 aromatic carbocycles. The van der Waals surface area contributed by atoms with E-state index in [1.807, 2.05) is 0 Å². The van der Waals surface area contributed by atoms with Gasteiger partial charge >= 0.3 is 0 Å². The van der Waals surface area contributed by atoms with Crippen molar-refractivity contribution in [3.05, 3.63) is 0 Å². The van der Waals surface area contributed by atoms with Crippen LogP contribution in [0.4, 0.5) is 0 Å². The van der Waals surface area contributed by atoms with Gasteiger partial charge in [-0.05, 0) is 19.3 Å². The maximum absolute atomic E-state index is 9.20. The Morgan fingerprint density at radius 1 is 1.22 bits per heavy atom. The Balaban J connectivity index is 1.78. The molecule has 2 fully saturated rings. The SMILES string of the molecule is CCCC(C#N)N1CCN(C2CCOCC2)CC1. The van der Waals surface area contributed by atoms with E-state index in [1.54, 1.807) is 0 Å². The highest BCUT2D eigenvalue weighted by atomic mass is 16.5. The van der Waals surface area contributed by atoms with Crippen molar-refractivity contribution in [2.45, 2.75) is 44.7 Å². The fourth-order valence-electron chi connectivity index (χ4n) is 3.07. The summed E-state index contributed by atoms with van der Waals surface area (Å²) >= 11 is 0. The molecule has 1 unspecified atom stereocenters. The molecular formula is C14H25N3O. The van der Waals surface area contributed by atoms with Crippen LogP contribution < -0.4 is 0 Å². The van der Waals surface area contributed by atoms with Crippen LogP contribution in [0.2, 0.25) is 0 Å². The molecule has 0 aliphatic carbocycles. The number of rotatable bonds is 4. The lowest BCUT2D eigenvalue weighted by molar-refractivity contribution is 0.00968. The number of piperazine rings is 1. The summed E-state index contributed by atoms with van der Waals surface area (Å²) in [6.07, 6.45) is 4.46. The lowest BCUT2D eigenvalue weighted by Gasteiger charge is -2.41. The highest BCUT2D eigenvalue weighted by Crippen LogP contribution is 2.18. The van der Waals surface area contributed by atoms with Crippen LogP contribution >= 0.6 is 0 Å². The maximum Gasteiger partial charge on any atom is 0.0978 e. The van der Waals surface area contributed by atoms with Gasteiger partial charge in [0.15, 0.2) is 0 Å². The molecule has 0 radical (unpaired) electrons. The zero-order valence-corrected chi connectivity index (χ0v) is 11.5. The van der Waals surface area contributed by atoms with Gasteiger partial charge in [-0.15, -0.1) is 0 Å². The fourth-order valence-corrected chi connectivity index (χ4v) is 3.07. The van der Waals surface area contributed by atoms with Gasteiger partial charge in [-0.2, -0.15) is 5.26 Å². The summed E-state index contributed by atoms with van der Waals surface area (Å²) in [7, 11) is 0. The van der Waals surface area contributed by atoms with Gasteiger partial charge in [-0.3, -0.25) is 9.80 Å². The summed E-state index contributed by atoms with van der Waals surface area (Å²) in [5.74, 6) is 0. The van der Waals surface area contributed by atoms with E-state index in [0.29, 0.717) is 6.04 Å². The van der Waals surface area contributed by atoms with Crippen molar-refractivity contribution < 1.29 is 4.74 Å². The van der Waals surface area contributed by atoms with Gasteiger partial charge in [0.05, 0.1) is 12.1 Å². The highest BCUT2D eigenvalue weighted by Gasteiger charge is 2.27. The Morgan fingerprint density at radius 3 is 2.44 bits per heavy atom. The number of nitrogens with zero attached hydrogens (tertiary/aromatic N) is 3. The van der Waals surface area contributed by atoms with E-state index in [4.69, 9.17) is 4.74 Å². The molecule has 18 heavy (non-hydrogen) atoms. The molecule has 102 valence electrons. The molecule has 0 spiro atoms. The second kappa shape index (κ2) is 7.08. The minimum absolute atomic E-state index is 0.131. The topological polar surface area (TPSA) is 39.5 Å². The Labute approximate surface area is 110 Å². The highest BCUT2D eigenvalue weighted by molar-refractivity contribution is 4.94. The largest absolute Gasteiger partial charge is 0.381 e. The normalized spacial score (nSPS) is 25.8. The molecule has 0 aromatic heterocycles. The second-order valence-corrected chi connectivity index (χ2v) is 5.35. The smallest absolute Gasteiger partial charge is 0.0978 e. The van der Waals surface area contributed by atoms with Crippen molar-refractivity contribution in [1.82, 2.24) is 9.80 Å². The maximum atomic E-state index is 9.20. The van der Waals surface area contributed by atoms with Gasteiger partial charge in [0.25, 0.3) is 0 Å². The van der Waals surface area contributed by atoms with E-state index in [2.05, 4.69) is 22.8 Å². The first-order valence-corrected chi connectivity index (χ1v) is 7.30. The summed E-state index contributed by atoms with van der Waals surface area (Å²) in [6, 6.07) is 3.30. The van der Waals surface area contributed by atoms with Crippen LogP contribution in [-0.4, -0.2) is 61.3 Å². The van der Waals surface area contributed by atoms with Crippen LogP contribution in [0.25, 0.3) is 0 Å². The van der Waals surface area contributed by atoms with Crippen LogP contribution in [0.3, 0.4) is 0 Å². The predicted octanol–water partition coefficient (Wildman–Crippen LogP) is 1.48. The average molecular weight is 251 g/mol. The Kier molecular flexibility index (Phi) is 5.43. The number of nitriles is 1. The standard InChI is InChI=1S/C14H25N3O/c1-2-3-14(12-15)17-8-6-16(7-9-17)13-4-10-18-11-5-13/h13-14H,2-11H2,1H3. The molecule has 1 atom stereocenters. The van der Waals surface area contributed by atoms with E-state index in [1.165, 1.54) is 12.8 Å². The molecule has 2 heterocycles. The number of hydrogen-bond donors (Lipinski definition) is 0. The Morgan fingerprint density at radius 2 is 1.89 bits per heavy atom. The molecule has 2 aliphatic heterocycles. The van der Waals surface area contributed by atoms with Crippen LogP contribution in [0.15, 0.2) is 0 Å². The molecule has 0 saturated carbocycles. The molecular weight excluding hydrogens is 226 g/mol. The average Bonchev–Trinajstić information content (AvgIpc) is 2.46. The second-order valence-electron chi connectivity index (χ2n) is 5.35. The first-order chi connectivity index (χ1) is 8.85. The molecule has 2 saturated heterocycles. The van der Waals surface area contributed by atoms with E-state index in [0.717, 1.165) is 52.2 Å². The molecule has 2 rings (SSSR count). The van der Waals surface area contributed by atoms with Crippen LogP contribution in [-0.2, 0) is 4.74 Å². The molecule has 2 aliphatic rings. The van der Waals surface area contributed by atoms with Crippen molar-refractivity contribution in [3.63, 3.8) is 0 Å². The molecule has 4 heteroatoms. The van der Waals surface area contributed by atoms with Gasteiger partial charge in [-0.25, -0.2) is 0 Å². The lowest BCUT2D eigenvalue weighted by atomic mass is 10.1. The third kappa shape index (κ3) is 3.44.